The van der Waals surface area contributed by atoms with Crippen molar-refractivity contribution in [3.8, 4) is 0 Å². The van der Waals surface area contributed by atoms with Crippen LogP contribution in [0.15, 0.2) is 30.3 Å². The van der Waals surface area contributed by atoms with Crippen LogP contribution >= 0.6 is 0 Å². The Morgan fingerprint density at radius 2 is 2.21 bits per heavy atom. The summed E-state index contributed by atoms with van der Waals surface area (Å²) in [6, 6.07) is 8.09. The van der Waals surface area contributed by atoms with Crippen molar-refractivity contribution in [2.24, 2.45) is 5.73 Å². The molecular weight excluding hydrogens is 172 g/mol. The first kappa shape index (κ1) is 10.8. The SMILES string of the molecule is CCC(N)CC=Cc1cccc(N)c1. The van der Waals surface area contributed by atoms with Gasteiger partial charge in [0.2, 0.25) is 0 Å². The molecule has 0 aliphatic carbocycles. The van der Waals surface area contributed by atoms with Gasteiger partial charge in [0.1, 0.15) is 0 Å². The van der Waals surface area contributed by atoms with Gasteiger partial charge in [-0.3, -0.25) is 0 Å². The average Bonchev–Trinajstić information content (AvgIpc) is 2.17. The van der Waals surface area contributed by atoms with Gasteiger partial charge < -0.3 is 11.5 Å². The van der Waals surface area contributed by atoms with Gasteiger partial charge in [-0.2, -0.15) is 0 Å². The summed E-state index contributed by atoms with van der Waals surface area (Å²) in [6.45, 7) is 2.10. The Bertz CT molecular complexity index is 305. The zero-order valence-corrected chi connectivity index (χ0v) is 8.61. The van der Waals surface area contributed by atoms with E-state index in [1.54, 1.807) is 0 Å². The monoisotopic (exact) mass is 190 g/mol. The van der Waals surface area contributed by atoms with E-state index in [9.17, 15) is 0 Å². The largest absolute Gasteiger partial charge is 0.399 e. The van der Waals surface area contributed by atoms with Crippen molar-refractivity contribution in [1.82, 2.24) is 0 Å². The molecule has 2 heteroatoms. The van der Waals surface area contributed by atoms with Crippen molar-refractivity contribution in [3.63, 3.8) is 0 Å². The van der Waals surface area contributed by atoms with Gasteiger partial charge in [-0.05, 0) is 30.5 Å². The molecule has 0 aliphatic rings. The highest BCUT2D eigenvalue weighted by Gasteiger charge is 1.93. The van der Waals surface area contributed by atoms with E-state index in [1.165, 1.54) is 0 Å². The quantitative estimate of drug-likeness (QED) is 0.716. The van der Waals surface area contributed by atoms with E-state index in [1.807, 2.05) is 24.3 Å². The number of anilines is 1. The molecule has 0 spiro atoms. The van der Waals surface area contributed by atoms with Crippen molar-refractivity contribution in [2.75, 3.05) is 5.73 Å². The lowest BCUT2D eigenvalue weighted by atomic mass is 10.1. The van der Waals surface area contributed by atoms with E-state index in [0.29, 0.717) is 0 Å². The molecule has 0 heterocycles. The zero-order chi connectivity index (χ0) is 10.4. The highest BCUT2D eigenvalue weighted by atomic mass is 14.6. The van der Waals surface area contributed by atoms with Crippen LogP contribution in [0.2, 0.25) is 0 Å². The number of rotatable bonds is 4. The first-order chi connectivity index (χ1) is 6.72. The molecular formula is C12H18N2. The van der Waals surface area contributed by atoms with Crippen LogP contribution in [0.3, 0.4) is 0 Å². The second-order valence-corrected chi connectivity index (χ2v) is 3.48. The van der Waals surface area contributed by atoms with E-state index >= 15 is 0 Å². The molecule has 1 atom stereocenters. The van der Waals surface area contributed by atoms with E-state index in [4.69, 9.17) is 11.5 Å². The lowest BCUT2D eigenvalue weighted by Gasteiger charge is -2.03. The van der Waals surface area contributed by atoms with Gasteiger partial charge in [-0.15, -0.1) is 0 Å². The molecule has 2 nitrogen and oxygen atoms in total. The number of nitrogen functional groups attached to an aromatic ring is 1. The Kier molecular flexibility index (Phi) is 4.20. The number of hydrogen-bond acceptors (Lipinski definition) is 2. The summed E-state index contributed by atoms with van der Waals surface area (Å²) >= 11 is 0. The van der Waals surface area contributed by atoms with Crippen molar-refractivity contribution in [1.29, 1.82) is 0 Å². The van der Waals surface area contributed by atoms with Gasteiger partial charge in [0, 0.05) is 11.7 Å². The minimum absolute atomic E-state index is 0.271. The van der Waals surface area contributed by atoms with Crippen LogP contribution in [-0.2, 0) is 0 Å². The lowest BCUT2D eigenvalue weighted by molar-refractivity contribution is 0.660. The smallest absolute Gasteiger partial charge is 0.0319 e. The minimum Gasteiger partial charge on any atom is -0.399 e. The first-order valence-electron chi connectivity index (χ1n) is 5.00. The lowest BCUT2D eigenvalue weighted by Crippen LogP contribution is -2.16. The topological polar surface area (TPSA) is 52.0 Å². The molecule has 0 aliphatic heterocycles. The Morgan fingerprint density at radius 3 is 2.86 bits per heavy atom. The summed E-state index contributed by atoms with van der Waals surface area (Å²) in [6.07, 6.45) is 6.10. The molecule has 0 fully saturated rings. The normalized spacial score (nSPS) is 13.3. The van der Waals surface area contributed by atoms with E-state index < -0.39 is 0 Å². The molecule has 1 aromatic carbocycles. The van der Waals surface area contributed by atoms with Crippen LogP contribution in [0.25, 0.3) is 6.08 Å². The summed E-state index contributed by atoms with van der Waals surface area (Å²) in [4.78, 5) is 0. The summed E-state index contributed by atoms with van der Waals surface area (Å²) in [7, 11) is 0. The maximum absolute atomic E-state index is 5.79. The Balaban J connectivity index is 2.51. The maximum atomic E-state index is 5.79. The summed E-state index contributed by atoms with van der Waals surface area (Å²) < 4.78 is 0. The van der Waals surface area contributed by atoms with E-state index in [2.05, 4.69) is 19.1 Å². The Labute approximate surface area is 85.6 Å². The van der Waals surface area contributed by atoms with Crippen LogP contribution in [0.5, 0.6) is 0 Å². The van der Waals surface area contributed by atoms with Gasteiger partial charge >= 0.3 is 0 Å². The summed E-state index contributed by atoms with van der Waals surface area (Å²) in [5.74, 6) is 0. The third-order valence-electron chi connectivity index (χ3n) is 2.18. The van der Waals surface area contributed by atoms with Crippen molar-refractivity contribution < 1.29 is 0 Å². The summed E-state index contributed by atoms with van der Waals surface area (Å²) in [5.41, 5.74) is 13.4. The van der Waals surface area contributed by atoms with Crippen molar-refractivity contribution >= 4 is 11.8 Å². The predicted octanol–water partition coefficient (Wildman–Crippen LogP) is 2.41. The molecule has 0 aromatic heterocycles. The third-order valence-corrected chi connectivity index (χ3v) is 2.18. The van der Waals surface area contributed by atoms with Crippen LogP contribution in [-0.4, -0.2) is 6.04 Å². The van der Waals surface area contributed by atoms with Gasteiger partial charge in [-0.1, -0.05) is 31.2 Å². The highest BCUT2D eigenvalue weighted by Crippen LogP contribution is 2.09. The molecule has 0 saturated heterocycles. The van der Waals surface area contributed by atoms with Crippen LogP contribution in [0.4, 0.5) is 5.69 Å². The number of benzene rings is 1. The van der Waals surface area contributed by atoms with Crippen LogP contribution in [0.1, 0.15) is 25.3 Å². The molecule has 0 saturated carbocycles. The van der Waals surface area contributed by atoms with E-state index in [-0.39, 0.29) is 6.04 Å². The fourth-order valence-electron chi connectivity index (χ4n) is 1.21. The zero-order valence-electron chi connectivity index (χ0n) is 8.61. The fourth-order valence-corrected chi connectivity index (χ4v) is 1.21. The predicted molar refractivity (Wildman–Crippen MR) is 62.8 cm³/mol. The van der Waals surface area contributed by atoms with Crippen LogP contribution < -0.4 is 11.5 Å². The molecule has 1 aromatic rings. The average molecular weight is 190 g/mol. The summed E-state index contributed by atoms with van der Waals surface area (Å²) in [5, 5.41) is 0. The molecule has 1 rings (SSSR count). The molecule has 0 bridgehead atoms. The van der Waals surface area contributed by atoms with Gasteiger partial charge in [0.25, 0.3) is 0 Å². The van der Waals surface area contributed by atoms with Crippen molar-refractivity contribution in [3.05, 3.63) is 35.9 Å². The Morgan fingerprint density at radius 1 is 1.43 bits per heavy atom. The highest BCUT2D eigenvalue weighted by molar-refractivity contribution is 5.55. The second-order valence-electron chi connectivity index (χ2n) is 3.48. The van der Waals surface area contributed by atoms with Crippen molar-refractivity contribution in [2.45, 2.75) is 25.8 Å². The Hall–Kier alpha value is -1.28. The third kappa shape index (κ3) is 3.62. The molecule has 4 N–H and O–H groups in total. The standard InChI is InChI=1S/C12H18N2/c1-2-11(13)7-3-5-10-6-4-8-12(14)9-10/h3-6,8-9,11H,2,7,13-14H2,1H3. The number of nitrogens with two attached hydrogens (primary N) is 2. The van der Waals surface area contributed by atoms with E-state index in [0.717, 1.165) is 24.1 Å². The van der Waals surface area contributed by atoms with Crippen LogP contribution in [0, 0.1) is 0 Å². The molecule has 0 amide bonds. The molecule has 0 radical (unpaired) electrons. The van der Waals surface area contributed by atoms with Gasteiger partial charge in [0.15, 0.2) is 0 Å². The van der Waals surface area contributed by atoms with Gasteiger partial charge in [0.05, 0.1) is 0 Å². The first-order valence-corrected chi connectivity index (χ1v) is 5.00. The van der Waals surface area contributed by atoms with Gasteiger partial charge in [-0.25, -0.2) is 0 Å². The molecule has 14 heavy (non-hydrogen) atoms. The fraction of sp³-hybridized carbons (Fsp3) is 0.333. The second kappa shape index (κ2) is 5.45. The molecule has 1 unspecified atom stereocenters. The minimum atomic E-state index is 0.271. The maximum Gasteiger partial charge on any atom is 0.0319 e. The number of hydrogen-bond donors (Lipinski definition) is 2. The molecule has 76 valence electrons.